The van der Waals surface area contributed by atoms with Crippen LogP contribution in [0.1, 0.15) is 67.2 Å². The molecule has 0 aromatic carbocycles. The molecular weight excluding hydrogens is 374 g/mol. The van der Waals surface area contributed by atoms with Gasteiger partial charge >= 0.3 is 12.1 Å². The maximum absolute atomic E-state index is 13.7. The molecule has 2 fully saturated rings. The fourth-order valence-electron chi connectivity index (χ4n) is 4.62. The first-order valence-corrected chi connectivity index (χ1v) is 10.2. The normalized spacial score (nSPS) is 27.6. The van der Waals surface area contributed by atoms with E-state index >= 15 is 0 Å². The van der Waals surface area contributed by atoms with Gasteiger partial charge in [-0.3, -0.25) is 14.5 Å². The summed E-state index contributed by atoms with van der Waals surface area (Å²) in [5, 5.41) is 19.4. The number of carbonyl (C=O) groups is 3. The SMILES string of the molecule is CC(C)(C)OC(=O)C[C@@H]1CN(C(=O)O)[C@](C(=O)N2CCC[C@H]2C#N)(C(C)(C)C)C1. The van der Waals surface area contributed by atoms with Crippen LogP contribution < -0.4 is 0 Å². The molecule has 8 nitrogen and oxygen atoms in total. The fraction of sp³-hybridized carbons (Fsp3) is 0.810. The predicted molar refractivity (Wildman–Crippen MR) is 106 cm³/mol. The van der Waals surface area contributed by atoms with Crippen molar-refractivity contribution in [2.45, 2.75) is 84.4 Å². The van der Waals surface area contributed by atoms with Crippen molar-refractivity contribution >= 4 is 18.0 Å². The van der Waals surface area contributed by atoms with Crippen molar-refractivity contribution in [3.63, 3.8) is 0 Å². The minimum atomic E-state index is -1.33. The molecule has 2 aliphatic rings. The van der Waals surface area contributed by atoms with Crippen LogP contribution in [0, 0.1) is 22.7 Å². The second-order valence-corrected chi connectivity index (χ2v) is 10.1. The molecule has 0 aliphatic carbocycles. The molecule has 0 bridgehead atoms. The second kappa shape index (κ2) is 7.85. The van der Waals surface area contributed by atoms with Crippen LogP contribution in [0.4, 0.5) is 4.79 Å². The van der Waals surface area contributed by atoms with Gasteiger partial charge in [-0.2, -0.15) is 5.26 Å². The van der Waals surface area contributed by atoms with Crippen molar-refractivity contribution in [2.75, 3.05) is 13.1 Å². The third-order valence-corrected chi connectivity index (χ3v) is 5.85. The Balaban J connectivity index is 2.38. The molecule has 0 spiro atoms. The summed E-state index contributed by atoms with van der Waals surface area (Å²) in [6.07, 6.45) is 0.409. The first-order chi connectivity index (χ1) is 13.2. The highest BCUT2D eigenvalue weighted by Crippen LogP contribution is 2.48. The van der Waals surface area contributed by atoms with E-state index in [0.29, 0.717) is 13.0 Å². The third-order valence-electron chi connectivity index (χ3n) is 5.85. The molecule has 1 N–H and O–H groups in total. The number of hydrogen-bond donors (Lipinski definition) is 1. The molecular formula is C21H33N3O5. The summed E-state index contributed by atoms with van der Waals surface area (Å²) in [5.74, 6) is -1.06. The molecule has 0 unspecified atom stereocenters. The largest absolute Gasteiger partial charge is 0.465 e. The minimum absolute atomic E-state index is 0.0494. The Morgan fingerprint density at radius 1 is 1.21 bits per heavy atom. The van der Waals surface area contributed by atoms with E-state index in [1.165, 1.54) is 9.80 Å². The van der Waals surface area contributed by atoms with Crippen LogP contribution in [-0.4, -0.2) is 63.1 Å². The molecule has 0 aromatic rings. The van der Waals surface area contributed by atoms with Crippen LogP contribution in [0.3, 0.4) is 0 Å². The Morgan fingerprint density at radius 2 is 1.83 bits per heavy atom. The number of rotatable bonds is 3. The lowest BCUT2D eigenvalue weighted by Gasteiger charge is -2.47. The van der Waals surface area contributed by atoms with E-state index in [1.54, 1.807) is 20.8 Å². The highest BCUT2D eigenvalue weighted by Gasteiger charge is 2.62. The van der Waals surface area contributed by atoms with Crippen LogP contribution in [0.25, 0.3) is 0 Å². The lowest BCUT2D eigenvalue weighted by atomic mass is 9.69. The molecule has 29 heavy (non-hydrogen) atoms. The van der Waals surface area contributed by atoms with Gasteiger partial charge in [-0.25, -0.2) is 4.79 Å². The van der Waals surface area contributed by atoms with Gasteiger partial charge < -0.3 is 14.7 Å². The zero-order chi connectivity index (χ0) is 22.2. The lowest BCUT2D eigenvalue weighted by molar-refractivity contribution is -0.156. The van der Waals surface area contributed by atoms with E-state index in [2.05, 4.69) is 6.07 Å². The first-order valence-electron chi connectivity index (χ1n) is 10.2. The van der Waals surface area contributed by atoms with E-state index in [0.717, 1.165) is 6.42 Å². The van der Waals surface area contributed by atoms with Crippen LogP contribution in [-0.2, 0) is 14.3 Å². The molecule has 3 atom stereocenters. The molecule has 8 heteroatoms. The molecule has 2 heterocycles. The van der Waals surface area contributed by atoms with Gasteiger partial charge in [-0.1, -0.05) is 20.8 Å². The zero-order valence-corrected chi connectivity index (χ0v) is 18.3. The lowest BCUT2D eigenvalue weighted by Crippen LogP contribution is -2.65. The molecule has 0 saturated carbocycles. The van der Waals surface area contributed by atoms with Gasteiger partial charge in [-0.05, 0) is 51.4 Å². The first kappa shape index (κ1) is 23.0. The Hall–Kier alpha value is -2.30. The molecule has 2 saturated heterocycles. The topological polar surface area (TPSA) is 111 Å². The van der Waals surface area contributed by atoms with Gasteiger partial charge in [0.25, 0.3) is 0 Å². The molecule has 2 rings (SSSR count). The van der Waals surface area contributed by atoms with Gasteiger partial charge in [0.2, 0.25) is 5.91 Å². The minimum Gasteiger partial charge on any atom is -0.465 e. The van der Waals surface area contributed by atoms with Crippen molar-refractivity contribution in [2.24, 2.45) is 11.3 Å². The van der Waals surface area contributed by atoms with E-state index < -0.39 is 34.7 Å². The number of esters is 1. The standard InChI is InChI=1S/C21H33N3O5/c1-19(2,3)21(17(26)23-9-7-8-15(23)12-22)11-14(13-24(21)18(27)28)10-16(25)29-20(4,5)6/h14-15H,7-11,13H2,1-6H3,(H,27,28)/t14-,15-,21+/m0/s1. The Morgan fingerprint density at radius 3 is 2.31 bits per heavy atom. The quantitative estimate of drug-likeness (QED) is 0.720. The number of ether oxygens (including phenoxy) is 1. The number of amides is 2. The summed E-state index contributed by atoms with van der Waals surface area (Å²) in [4.78, 5) is 40.9. The second-order valence-electron chi connectivity index (χ2n) is 10.1. The molecule has 162 valence electrons. The van der Waals surface area contributed by atoms with Crippen molar-refractivity contribution in [3.05, 3.63) is 0 Å². The monoisotopic (exact) mass is 407 g/mol. The van der Waals surface area contributed by atoms with Gasteiger partial charge in [0.1, 0.15) is 17.2 Å². The van der Waals surface area contributed by atoms with Gasteiger partial charge in [-0.15, -0.1) is 0 Å². The average molecular weight is 408 g/mol. The number of carbonyl (C=O) groups excluding carboxylic acids is 2. The summed E-state index contributed by atoms with van der Waals surface area (Å²) >= 11 is 0. The van der Waals surface area contributed by atoms with Crippen molar-refractivity contribution < 1.29 is 24.2 Å². The number of nitriles is 1. The van der Waals surface area contributed by atoms with Gasteiger partial charge in [0.15, 0.2) is 0 Å². The zero-order valence-electron chi connectivity index (χ0n) is 18.3. The van der Waals surface area contributed by atoms with E-state index in [1.807, 2.05) is 20.8 Å². The van der Waals surface area contributed by atoms with Crippen molar-refractivity contribution in [1.29, 1.82) is 5.26 Å². The maximum atomic E-state index is 13.7. The van der Waals surface area contributed by atoms with Crippen LogP contribution in [0.5, 0.6) is 0 Å². The summed E-state index contributed by atoms with van der Waals surface area (Å²) in [7, 11) is 0. The Kier molecular flexibility index (Phi) is 6.22. The number of likely N-dealkylation sites (tertiary alicyclic amines) is 2. The van der Waals surface area contributed by atoms with Crippen molar-refractivity contribution in [3.8, 4) is 6.07 Å². The molecule has 0 aromatic heterocycles. The van der Waals surface area contributed by atoms with Gasteiger partial charge in [0, 0.05) is 13.1 Å². The van der Waals surface area contributed by atoms with E-state index in [4.69, 9.17) is 4.74 Å². The Bertz CT molecular complexity index is 715. The summed E-state index contributed by atoms with van der Waals surface area (Å²) in [5.41, 5.74) is -2.67. The highest BCUT2D eigenvalue weighted by atomic mass is 16.6. The van der Waals surface area contributed by atoms with Crippen molar-refractivity contribution in [1.82, 2.24) is 9.80 Å². The maximum Gasteiger partial charge on any atom is 0.408 e. The Labute approximate surface area is 172 Å². The number of carboxylic acid groups (broad SMARTS) is 1. The number of hydrogen-bond acceptors (Lipinski definition) is 5. The van der Waals surface area contributed by atoms with Crippen LogP contribution >= 0.6 is 0 Å². The van der Waals surface area contributed by atoms with Crippen LogP contribution in [0.15, 0.2) is 0 Å². The average Bonchev–Trinajstić information content (AvgIpc) is 3.16. The highest BCUT2D eigenvalue weighted by molar-refractivity contribution is 5.92. The molecule has 0 radical (unpaired) electrons. The summed E-state index contributed by atoms with van der Waals surface area (Å²) in [6, 6.07) is 1.63. The fourth-order valence-corrected chi connectivity index (χ4v) is 4.62. The van der Waals surface area contributed by atoms with Crippen LogP contribution in [0.2, 0.25) is 0 Å². The smallest absolute Gasteiger partial charge is 0.408 e. The third kappa shape index (κ3) is 4.49. The summed E-state index contributed by atoms with van der Waals surface area (Å²) in [6.45, 7) is 11.4. The number of nitrogens with zero attached hydrogens (tertiary/aromatic N) is 3. The van der Waals surface area contributed by atoms with Gasteiger partial charge in [0.05, 0.1) is 12.5 Å². The van der Waals surface area contributed by atoms with E-state index in [-0.39, 0.29) is 31.2 Å². The molecule has 2 amide bonds. The summed E-state index contributed by atoms with van der Waals surface area (Å²) < 4.78 is 5.40. The molecule has 2 aliphatic heterocycles. The predicted octanol–water partition coefficient (Wildman–Crippen LogP) is 3.02. The van der Waals surface area contributed by atoms with E-state index in [9.17, 15) is 24.8 Å².